The Morgan fingerprint density at radius 2 is 2.24 bits per heavy atom. The molecule has 1 unspecified atom stereocenters. The summed E-state index contributed by atoms with van der Waals surface area (Å²) in [6.45, 7) is 4.77. The van der Waals surface area contributed by atoms with E-state index in [1.165, 1.54) is 5.56 Å². The Hall–Kier alpha value is -2.21. The summed E-state index contributed by atoms with van der Waals surface area (Å²) in [6, 6.07) is 5.77. The molecule has 2 N–H and O–H groups in total. The van der Waals surface area contributed by atoms with Crippen LogP contribution >= 0.6 is 0 Å². The topological polar surface area (TPSA) is 79.9 Å². The van der Waals surface area contributed by atoms with Crippen molar-refractivity contribution >= 4 is 11.6 Å². The number of nitrogens with zero attached hydrogens (tertiary/aromatic N) is 2. The van der Waals surface area contributed by atoms with E-state index in [-0.39, 0.29) is 17.8 Å². The Labute approximate surface area is 122 Å². The minimum Gasteiger partial charge on any atom is -0.370 e. The zero-order valence-electron chi connectivity index (χ0n) is 12.1. The summed E-state index contributed by atoms with van der Waals surface area (Å²) in [7, 11) is 0. The SMILES string of the molecule is Cc1ccc(NC(=O)c2n[nH]c(C3CCCO3)n2)cc1C. The minimum absolute atomic E-state index is 0.0688. The van der Waals surface area contributed by atoms with Crippen molar-refractivity contribution < 1.29 is 9.53 Å². The second-order valence-electron chi connectivity index (χ2n) is 5.30. The maximum Gasteiger partial charge on any atom is 0.295 e. The van der Waals surface area contributed by atoms with Gasteiger partial charge in [0.1, 0.15) is 6.10 Å². The van der Waals surface area contributed by atoms with Crippen LogP contribution in [0.2, 0.25) is 0 Å². The van der Waals surface area contributed by atoms with Gasteiger partial charge in [0.25, 0.3) is 5.91 Å². The molecule has 0 spiro atoms. The fraction of sp³-hybridized carbons (Fsp3) is 0.400. The van der Waals surface area contributed by atoms with Crippen LogP contribution in [0.25, 0.3) is 0 Å². The van der Waals surface area contributed by atoms with Gasteiger partial charge in [-0.05, 0) is 49.9 Å². The Morgan fingerprint density at radius 3 is 2.95 bits per heavy atom. The predicted octanol–water partition coefficient (Wildman–Crippen LogP) is 2.53. The van der Waals surface area contributed by atoms with Crippen LogP contribution in [0.4, 0.5) is 5.69 Å². The van der Waals surface area contributed by atoms with Crippen molar-refractivity contribution in [3.8, 4) is 0 Å². The standard InChI is InChI=1S/C15H18N4O2/c1-9-5-6-11(8-10(9)2)16-15(20)14-17-13(18-19-14)12-4-3-7-21-12/h5-6,8,12H,3-4,7H2,1-2H3,(H,16,20)(H,17,18,19). The van der Waals surface area contributed by atoms with E-state index in [9.17, 15) is 4.79 Å². The Morgan fingerprint density at radius 1 is 1.38 bits per heavy atom. The number of hydrogen-bond donors (Lipinski definition) is 2. The number of aryl methyl sites for hydroxylation is 2. The minimum atomic E-state index is -0.321. The monoisotopic (exact) mass is 286 g/mol. The van der Waals surface area contributed by atoms with Gasteiger partial charge in [-0.2, -0.15) is 0 Å². The molecule has 6 nitrogen and oxygen atoms in total. The highest BCUT2D eigenvalue weighted by atomic mass is 16.5. The van der Waals surface area contributed by atoms with Crippen LogP contribution < -0.4 is 5.32 Å². The molecule has 21 heavy (non-hydrogen) atoms. The predicted molar refractivity (Wildman–Crippen MR) is 78.2 cm³/mol. The third-order valence-electron chi connectivity index (χ3n) is 3.71. The Bertz CT molecular complexity index is 659. The fourth-order valence-corrected chi connectivity index (χ4v) is 2.32. The van der Waals surface area contributed by atoms with Crippen molar-refractivity contribution in [3.63, 3.8) is 0 Å². The molecule has 0 radical (unpaired) electrons. The van der Waals surface area contributed by atoms with Gasteiger partial charge in [0.2, 0.25) is 5.82 Å². The maximum atomic E-state index is 12.1. The van der Waals surface area contributed by atoms with Crippen molar-refractivity contribution in [2.24, 2.45) is 0 Å². The number of carbonyl (C=O) groups excluding carboxylic acids is 1. The molecule has 3 rings (SSSR count). The van der Waals surface area contributed by atoms with Crippen LogP contribution in [-0.2, 0) is 4.74 Å². The molecule has 1 saturated heterocycles. The van der Waals surface area contributed by atoms with Crippen molar-refractivity contribution in [1.29, 1.82) is 0 Å². The zero-order valence-corrected chi connectivity index (χ0v) is 12.1. The van der Waals surface area contributed by atoms with Gasteiger partial charge in [0.05, 0.1) is 0 Å². The quantitative estimate of drug-likeness (QED) is 0.908. The van der Waals surface area contributed by atoms with Gasteiger partial charge in [-0.15, -0.1) is 5.10 Å². The molecule has 6 heteroatoms. The summed E-state index contributed by atoms with van der Waals surface area (Å²) in [6.07, 6.45) is 1.85. The van der Waals surface area contributed by atoms with Gasteiger partial charge < -0.3 is 10.1 Å². The van der Waals surface area contributed by atoms with Crippen LogP contribution in [0.1, 0.15) is 46.5 Å². The average Bonchev–Trinajstić information content (AvgIpc) is 3.12. The Kier molecular flexibility index (Phi) is 3.70. The summed E-state index contributed by atoms with van der Waals surface area (Å²) in [5.41, 5.74) is 3.06. The molecule has 1 aliphatic heterocycles. The Balaban J connectivity index is 1.71. The number of aromatic amines is 1. The largest absolute Gasteiger partial charge is 0.370 e. The third-order valence-corrected chi connectivity index (χ3v) is 3.71. The highest BCUT2D eigenvalue weighted by Crippen LogP contribution is 2.25. The van der Waals surface area contributed by atoms with Crippen molar-refractivity contribution in [2.45, 2.75) is 32.8 Å². The highest BCUT2D eigenvalue weighted by Gasteiger charge is 2.23. The molecule has 0 bridgehead atoms. The summed E-state index contributed by atoms with van der Waals surface area (Å²) >= 11 is 0. The molecule has 1 aromatic heterocycles. The first-order valence-corrected chi connectivity index (χ1v) is 7.06. The molecule has 2 heterocycles. The number of rotatable bonds is 3. The first-order valence-electron chi connectivity index (χ1n) is 7.06. The van der Waals surface area contributed by atoms with E-state index in [2.05, 4.69) is 20.5 Å². The van der Waals surface area contributed by atoms with E-state index >= 15 is 0 Å². The number of H-pyrrole nitrogens is 1. The molecule has 2 aromatic rings. The zero-order chi connectivity index (χ0) is 14.8. The van der Waals surface area contributed by atoms with Gasteiger partial charge in [-0.25, -0.2) is 4.98 Å². The van der Waals surface area contributed by atoms with Crippen molar-refractivity contribution in [2.75, 3.05) is 11.9 Å². The smallest absolute Gasteiger partial charge is 0.295 e. The first kappa shape index (κ1) is 13.8. The molecule has 1 fully saturated rings. The highest BCUT2D eigenvalue weighted by molar-refractivity contribution is 6.01. The van der Waals surface area contributed by atoms with E-state index < -0.39 is 0 Å². The number of anilines is 1. The van der Waals surface area contributed by atoms with Gasteiger partial charge in [-0.3, -0.25) is 9.89 Å². The summed E-state index contributed by atoms with van der Waals surface area (Å²) in [5.74, 6) is 0.440. The fourth-order valence-electron chi connectivity index (χ4n) is 2.32. The first-order chi connectivity index (χ1) is 10.1. The van der Waals surface area contributed by atoms with Crippen LogP contribution in [-0.4, -0.2) is 27.7 Å². The van der Waals surface area contributed by atoms with Gasteiger partial charge in [0, 0.05) is 12.3 Å². The number of amides is 1. The van der Waals surface area contributed by atoms with Gasteiger partial charge >= 0.3 is 0 Å². The molecule has 1 aromatic carbocycles. The second kappa shape index (κ2) is 5.65. The third kappa shape index (κ3) is 2.95. The van der Waals surface area contributed by atoms with E-state index in [1.807, 2.05) is 32.0 Å². The lowest BCUT2D eigenvalue weighted by Crippen LogP contribution is -2.14. The number of ether oxygens (including phenoxy) is 1. The lowest BCUT2D eigenvalue weighted by atomic mass is 10.1. The normalized spacial score (nSPS) is 17.9. The lowest BCUT2D eigenvalue weighted by molar-refractivity contribution is 0.101. The van der Waals surface area contributed by atoms with Crippen molar-refractivity contribution in [3.05, 3.63) is 41.0 Å². The summed E-state index contributed by atoms with van der Waals surface area (Å²) in [4.78, 5) is 16.4. The molecular formula is C15H18N4O2. The van der Waals surface area contributed by atoms with E-state index in [0.29, 0.717) is 5.82 Å². The van der Waals surface area contributed by atoms with Crippen LogP contribution in [0.3, 0.4) is 0 Å². The number of aromatic nitrogens is 3. The summed E-state index contributed by atoms with van der Waals surface area (Å²) < 4.78 is 5.51. The number of carbonyl (C=O) groups is 1. The van der Waals surface area contributed by atoms with E-state index in [1.54, 1.807) is 0 Å². The van der Waals surface area contributed by atoms with E-state index in [0.717, 1.165) is 30.7 Å². The molecule has 1 amide bonds. The maximum absolute atomic E-state index is 12.1. The van der Waals surface area contributed by atoms with E-state index in [4.69, 9.17) is 4.74 Å². The van der Waals surface area contributed by atoms with Crippen LogP contribution in [0.5, 0.6) is 0 Å². The average molecular weight is 286 g/mol. The second-order valence-corrected chi connectivity index (χ2v) is 5.30. The molecule has 0 aliphatic carbocycles. The summed E-state index contributed by atoms with van der Waals surface area (Å²) in [5, 5.41) is 9.56. The molecule has 1 atom stereocenters. The molecule has 0 saturated carbocycles. The van der Waals surface area contributed by atoms with Crippen LogP contribution in [0.15, 0.2) is 18.2 Å². The van der Waals surface area contributed by atoms with Gasteiger partial charge in [-0.1, -0.05) is 6.07 Å². The molecule has 110 valence electrons. The molecule has 1 aliphatic rings. The van der Waals surface area contributed by atoms with Gasteiger partial charge in [0.15, 0.2) is 5.82 Å². The van der Waals surface area contributed by atoms with Crippen LogP contribution in [0, 0.1) is 13.8 Å². The molecular weight excluding hydrogens is 268 g/mol. The number of nitrogens with one attached hydrogen (secondary N) is 2. The number of hydrogen-bond acceptors (Lipinski definition) is 4. The van der Waals surface area contributed by atoms with Crippen molar-refractivity contribution in [1.82, 2.24) is 15.2 Å². The number of benzene rings is 1. The lowest BCUT2D eigenvalue weighted by Gasteiger charge is -2.06.